The molecule has 0 aliphatic heterocycles. The van der Waals surface area contributed by atoms with Crippen LogP contribution in [0.25, 0.3) is 11.0 Å². The number of H-pyrrole nitrogens is 1. The van der Waals surface area contributed by atoms with Crippen LogP contribution in [0, 0.1) is 0 Å². The first-order valence-electron chi connectivity index (χ1n) is 8.80. The van der Waals surface area contributed by atoms with Gasteiger partial charge in [-0.15, -0.1) is 0 Å². The van der Waals surface area contributed by atoms with E-state index in [0.29, 0.717) is 30.8 Å². The van der Waals surface area contributed by atoms with Gasteiger partial charge in [0.2, 0.25) is 0 Å². The molecule has 0 atom stereocenters. The van der Waals surface area contributed by atoms with Gasteiger partial charge < -0.3 is 15.0 Å². The second-order valence-electron chi connectivity index (χ2n) is 6.32. The molecular formula is C18H25N3O3. The van der Waals surface area contributed by atoms with Gasteiger partial charge in [-0.2, -0.15) is 0 Å². The van der Waals surface area contributed by atoms with Crippen molar-refractivity contribution in [1.82, 2.24) is 14.9 Å². The molecule has 1 fully saturated rings. The van der Waals surface area contributed by atoms with Gasteiger partial charge in [-0.25, -0.2) is 4.79 Å². The number of nitrogens with one attached hydrogen (secondary N) is 2. The van der Waals surface area contributed by atoms with E-state index in [1.807, 2.05) is 13.0 Å². The van der Waals surface area contributed by atoms with E-state index in [1.165, 1.54) is 19.3 Å². The summed E-state index contributed by atoms with van der Waals surface area (Å²) < 4.78 is 6.97. The summed E-state index contributed by atoms with van der Waals surface area (Å²) in [6, 6.07) is 5.64. The number of nitrogens with zero attached hydrogens (tertiary/aromatic N) is 1. The van der Waals surface area contributed by atoms with Crippen molar-refractivity contribution < 1.29 is 9.53 Å². The van der Waals surface area contributed by atoms with Crippen LogP contribution in [0.3, 0.4) is 0 Å². The van der Waals surface area contributed by atoms with Crippen molar-refractivity contribution in [2.75, 3.05) is 13.2 Å². The average Bonchev–Trinajstić information content (AvgIpc) is 2.91. The Morgan fingerprint density at radius 3 is 2.88 bits per heavy atom. The molecule has 1 aromatic heterocycles. The number of aromatic nitrogens is 2. The maximum absolute atomic E-state index is 12.4. The van der Waals surface area contributed by atoms with Crippen molar-refractivity contribution in [3.05, 3.63) is 34.2 Å². The van der Waals surface area contributed by atoms with Crippen LogP contribution in [0.1, 0.15) is 49.4 Å². The molecule has 0 radical (unpaired) electrons. The molecule has 0 bridgehead atoms. The third-order valence-electron chi connectivity index (χ3n) is 4.64. The lowest BCUT2D eigenvalue weighted by atomic mass is 9.95. The van der Waals surface area contributed by atoms with Gasteiger partial charge in [0.1, 0.15) is 0 Å². The summed E-state index contributed by atoms with van der Waals surface area (Å²) in [4.78, 5) is 27.3. The molecule has 0 saturated heterocycles. The zero-order valence-corrected chi connectivity index (χ0v) is 14.1. The fraction of sp³-hybridized carbons (Fsp3) is 0.556. The molecule has 6 heteroatoms. The van der Waals surface area contributed by atoms with Gasteiger partial charge in [0.05, 0.1) is 24.2 Å². The minimum atomic E-state index is -0.172. The second kappa shape index (κ2) is 7.66. The van der Waals surface area contributed by atoms with Crippen molar-refractivity contribution in [3.63, 3.8) is 0 Å². The van der Waals surface area contributed by atoms with Crippen molar-refractivity contribution in [2.45, 2.75) is 51.6 Å². The molecule has 1 aliphatic carbocycles. The summed E-state index contributed by atoms with van der Waals surface area (Å²) >= 11 is 0. The Kier molecular flexibility index (Phi) is 5.35. The predicted molar refractivity (Wildman–Crippen MR) is 93.4 cm³/mol. The largest absolute Gasteiger partial charge is 0.380 e. The van der Waals surface area contributed by atoms with Gasteiger partial charge in [-0.3, -0.25) is 9.36 Å². The Morgan fingerprint density at radius 1 is 1.33 bits per heavy atom. The second-order valence-corrected chi connectivity index (χ2v) is 6.32. The first-order chi connectivity index (χ1) is 11.7. The summed E-state index contributed by atoms with van der Waals surface area (Å²) in [5.74, 6) is -0.0632. The number of carbonyl (C=O) groups excluding carboxylic acids is 1. The average molecular weight is 331 g/mol. The number of hydrogen-bond donors (Lipinski definition) is 2. The number of amides is 1. The summed E-state index contributed by atoms with van der Waals surface area (Å²) in [6.07, 6.45) is 5.73. The van der Waals surface area contributed by atoms with E-state index in [9.17, 15) is 9.59 Å². The monoisotopic (exact) mass is 331 g/mol. The van der Waals surface area contributed by atoms with E-state index in [-0.39, 0.29) is 17.6 Å². The molecule has 0 spiro atoms. The number of hydrogen-bond acceptors (Lipinski definition) is 3. The molecule has 24 heavy (non-hydrogen) atoms. The van der Waals surface area contributed by atoms with Gasteiger partial charge >= 0.3 is 5.69 Å². The molecule has 1 heterocycles. The number of benzene rings is 1. The van der Waals surface area contributed by atoms with Gasteiger partial charge in [-0.1, -0.05) is 19.3 Å². The molecule has 2 N–H and O–H groups in total. The van der Waals surface area contributed by atoms with Gasteiger partial charge in [0, 0.05) is 18.2 Å². The highest BCUT2D eigenvalue weighted by Gasteiger charge is 2.17. The van der Waals surface area contributed by atoms with E-state index < -0.39 is 0 Å². The van der Waals surface area contributed by atoms with Crippen molar-refractivity contribution in [3.8, 4) is 0 Å². The van der Waals surface area contributed by atoms with Crippen molar-refractivity contribution in [1.29, 1.82) is 0 Å². The number of fused-ring (bicyclic) bond motifs is 1. The molecule has 1 aromatic carbocycles. The lowest BCUT2D eigenvalue weighted by Crippen LogP contribution is -2.36. The highest BCUT2D eigenvalue weighted by Crippen LogP contribution is 2.18. The smallest absolute Gasteiger partial charge is 0.326 e. The Labute approximate surface area is 141 Å². The van der Waals surface area contributed by atoms with Crippen LogP contribution in [0.4, 0.5) is 0 Å². The Balaban J connectivity index is 1.76. The number of ether oxygens (including phenoxy) is 1. The van der Waals surface area contributed by atoms with Crippen molar-refractivity contribution in [2.24, 2.45) is 0 Å². The molecule has 2 aromatic rings. The van der Waals surface area contributed by atoms with Gasteiger partial charge in [-0.05, 0) is 38.0 Å². The van der Waals surface area contributed by atoms with Crippen LogP contribution in [0.2, 0.25) is 0 Å². The Bertz CT molecular complexity index is 756. The SMILES string of the molecule is CCOCCn1c(=O)[nH]c2cc(C(=O)NC3CCCCC3)ccc21. The van der Waals surface area contributed by atoms with E-state index in [4.69, 9.17) is 4.74 Å². The summed E-state index contributed by atoms with van der Waals surface area (Å²) in [5, 5.41) is 3.11. The standard InChI is InChI=1S/C18H25N3O3/c1-2-24-11-10-21-16-9-8-13(12-15(16)20-18(21)23)17(22)19-14-6-4-3-5-7-14/h8-9,12,14H,2-7,10-11H2,1H3,(H,19,22)(H,20,23). The van der Waals surface area contributed by atoms with Crippen LogP contribution in [-0.2, 0) is 11.3 Å². The third kappa shape index (κ3) is 3.70. The Hall–Kier alpha value is -2.08. The van der Waals surface area contributed by atoms with E-state index in [2.05, 4.69) is 10.3 Å². The van der Waals surface area contributed by atoms with Crippen LogP contribution < -0.4 is 11.0 Å². The lowest BCUT2D eigenvalue weighted by molar-refractivity contribution is 0.0928. The molecule has 130 valence electrons. The molecular weight excluding hydrogens is 306 g/mol. The predicted octanol–water partition coefficient (Wildman–Crippen LogP) is 2.43. The molecule has 1 aliphatic rings. The number of imidazole rings is 1. The zero-order chi connectivity index (χ0) is 16.9. The number of aromatic amines is 1. The number of rotatable bonds is 6. The molecule has 6 nitrogen and oxygen atoms in total. The minimum absolute atomic E-state index is 0.0632. The van der Waals surface area contributed by atoms with Crippen molar-refractivity contribution >= 4 is 16.9 Å². The van der Waals surface area contributed by atoms with Gasteiger partial charge in [0.25, 0.3) is 5.91 Å². The fourth-order valence-electron chi connectivity index (χ4n) is 3.34. The fourth-order valence-corrected chi connectivity index (χ4v) is 3.34. The molecule has 1 saturated carbocycles. The zero-order valence-electron chi connectivity index (χ0n) is 14.1. The highest BCUT2D eigenvalue weighted by molar-refractivity contribution is 5.97. The molecule has 3 rings (SSSR count). The topological polar surface area (TPSA) is 76.1 Å². The summed E-state index contributed by atoms with van der Waals surface area (Å²) in [6.45, 7) is 3.55. The number of carbonyl (C=O) groups is 1. The van der Waals surface area contributed by atoms with E-state index in [1.54, 1.807) is 16.7 Å². The van der Waals surface area contributed by atoms with Crippen LogP contribution in [0.15, 0.2) is 23.0 Å². The normalized spacial score (nSPS) is 15.7. The molecule has 0 unspecified atom stereocenters. The first-order valence-corrected chi connectivity index (χ1v) is 8.80. The van der Waals surface area contributed by atoms with Crippen LogP contribution >= 0.6 is 0 Å². The molecule has 1 amide bonds. The summed E-state index contributed by atoms with van der Waals surface area (Å²) in [7, 11) is 0. The quantitative estimate of drug-likeness (QED) is 0.798. The van der Waals surface area contributed by atoms with E-state index in [0.717, 1.165) is 18.4 Å². The summed E-state index contributed by atoms with van der Waals surface area (Å²) in [5.41, 5.74) is 1.91. The van der Waals surface area contributed by atoms with E-state index >= 15 is 0 Å². The maximum Gasteiger partial charge on any atom is 0.326 e. The van der Waals surface area contributed by atoms with Crippen LogP contribution in [0.5, 0.6) is 0 Å². The maximum atomic E-state index is 12.4. The highest BCUT2D eigenvalue weighted by atomic mass is 16.5. The van der Waals surface area contributed by atoms with Gasteiger partial charge in [0.15, 0.2) is 0 Å². The first kappa shape index (κ1) is 16.8. The Morgan fingerprint density at radius 2 is 2.12 bits per heavy atom. The lowest BCUT2D eigenvalue weighted by Gasteiger charge is -2.22. The van der Waals surface area contributed by atoms with Crippen LogP contribution in [-0.4, -0.2) is 34.7 Å². The minimum Gasteiger partial charge on any atom is -0.380 e. The third-order valence-corrected chi connectivity index (χ3v) is 4.64.